The lowest BCUT2D eigenvalue weighted by atomic mass is 9.81. The van der Waals surface area contributed by atoms with Gasteiger partial charge in [-0.3, -0.25) is 14.4 Å². The summed E-state index contributed by atoms with van der Waals surface area (Å²) < 4.78 is 71.6. The van der Waals surface area contributed by atoms with Crippen molar-refractivity contribution in [1.82, 2.24) is 20.8 Å². The van der Waals surface area contributed by atoms with Crippen LogP contribution in [0.1, 0.15) is 60.7 Å². The van der Waals surface area contributed by atoms with Crippen LogP contribution in [0.15, 0.2) is 29.0 Å². The molecule has 14 heteroatoms. The Balaban J connectivity index is 1.47. The summed E-state index contributed by atoms with van der Waals surface area (Å²) in [5, 5.41) is 10.8. The molecule has 0 bridgehead atoms. The van der Waals surface area contributed by atoms with E-state index in [0.29, 0.717) is 17.7 Å². The van der Waals surface area contributed by atoms with Crippen molar-refractivity contribution in [2.24, 2.45) is 11.8 Å². The predicted octanol–water partition coefficient (Wildman–Crippen LogP) is 3.80. The van der Waals surface area contributed by atoms with Crippen molar-refractivity contribution < 1.29 is 40.9 Å². The van der Waals surface area contributed by atoms with Crippen molar-refractivity contribution in [3.8, 4) is 0 Å². The van der Waals surface area contributed by atoms with Crippen LogP contribution in [0, 0.1) is 11.8 Å². The van der Waals surface area contributed by atoms with Crippen molar-refractivity contribution in [1.29, 1.82) is 0 Å². The normalized spacial score (nSPS) is 22.3. The number of nitrogens with one attached hydrogen (secondary N) is 3. The van der Waals surface area contributed by atoms with Crippen LogP contribution in [0.25, 0.3) is 0 Å². The van der Waals surface area contributed by atoms with E-state index in [2.05, 4.69) is 20.8 Å². The minimum atomic E-state index is -4.55. The lowest BCUT2D eigenvalue weighted by Gasteiger charge is -2.33. The summed E-state index contributed by atoms with van der Waals surface area (Å²) >= 11 is 0. The van der Waals surface area contributed by atoms with Crippen LogP contribution in [-0.4, -0.2) is 52.0 Å². The van der Waals surface area contributed by atoms with Gasteiger partial charge in [0.15, 0.2) is 0 Å². The summed E-state index contributed by atoms with van der Waals surface area (Å²) in [7, 11) is 0. The minimum Gasteiger partial charge on any atom is -0.361 e. The van der Waals surface area contributed by atoms with Gasteiger partial charge in [-0.1, -0.05) is 12.1 Å². The maximum atomic E-state index is 13.8. The van der Waals surface area contributed by atoms with Crippen LogP contribution in [0.5, 0.6) is 0 Å². The Kier molecular flexibility index (Phi) is 8.21. The maximum absolute atomic E-state index is 13.8. The standard InChI is InChI=1S/C25H28F5N5O4/c1-2-17-16(12-32-39-17)22(37)35-20(14-3-6-24(26,27)7-4-14)23(38)34-19-10-13(5-8-31-19)9-15-11-18(25(28,29)30)33-21(15)36/h5,8,10,12,14-15,18,20H,2-4,6-7,9,11H2,1H3,(H,33,36)(H,35,37)(H,31,34,38)/t15-,18-,20-/m0/s1. The molecule has 3 N–H and O–H groups in total. The molecule has 1 aliphatic heterocycles. The summed E-state index contributed by atoms with van der Waals surface area (Å²) in [4.78, 5) is 42.4. The predicted molar refractivity (Wildman–Crippen MR) is 127 cm³/mol. The van der Waals surface area contributed by atoms with E-state index in [1.54, 1.807) is 6.92 Å². The van der Waals surface area contributed by atoms with Crippen LogP contribution in [0.3, 0.4) is 0 Å². The van der Waals surface area contributed by atoms with Crippen molar-refractivity contribution in [2.45, 2.75) is 76.1 Å². The van der Waals surface area contributed by atoms with E-state index in [-0.39, 0.29) is 30.6 Å². The number of rotatable bonds is 8. The number of nitrogens with zero attached hydrogens (tertiary/aromatic N) is 2. The summed E-state index contributed by atoms with van der Waals surface area (Å²) in [5.74, 6) is -6.02. The van der Waals surface area contributed by atoms with E-state index in [9.17, 15) is 36.3 Å². The molecule has 39 heavy (non-hydrogen) atoms. The summed E-state index contributed by atoms with van der Waals surface area (Å²) in [6, 6.07) is -0.145. The molecule has 4 rings (SSSR count). The molecule has 0 spiro atoms. The fourth-order valence-corrected chi connectivity index (χ4v) is 5.01. The summed E-state index contributed by atoms with van der Waals surface area (Å²) in [6.45, 7) is 1.75. The second-order valence-electron chi connectivity index (χ2n) is 9.94. The molecule has 0 unspecified atom stereocenters. The number of pyridine rings is 1. The molecule has 2 aromatic rings. The molecule has 1 saturated heterocycles. The highest BCUT2D eigenvalue weighted by Crippen LogP contribution is 2.38. The average molecular weight is 558 g/mol. The second-order valence-corrected chi connectivity index (χ2v) is 9.94. The number of hydrogen-bond acceptors (Lipinski definition) is 6. The Bertz CT molecular complexity index is 1210. The second kappa shape index (κ2) is 11.3. The zero-order valence-corrected chi connectivity index (χ0v) is 21.0. The molecule has 1 aliphatic carbocycles. The topological polar surface area (TPSA) is 126 Å². The third-order valence-electron chi connectivity index (χ3n) is 7.17. The Morgan fingerprint density at radius 3 is 2.62 bits per heavy atom. The van der Waals surface area contributed by atoms with E-state index < -0.39 is 73.0 Å². The quantitative estimate of drug-likeness (QED) is 0.424. The number of carbonyl (C=O) groups excluding carboxylic acids is 3. The van der Waals surface area contributed by atoms with Crippen LogP contribution in [-0.2, 0) is 22.4 Å². The van der Waals surface area contributed by atoms with E-state index in [4.69, 9.17) is 4.52 Å². The first-order chi connectivity index (χ1) is 18.4. The smallest absolute Gasteiger partial charge is 0.361 e. The number of anilines is 1. The molecule has 3 amide bonds. The number of aromatic nitrogens is 2. The monoisotopic (exact) mass is 557 g/mol. The van der Waals surface area contributed by atoms with Crippen molar-refractivity contribution in [3.63, 3.8) is 0 Å². The SMILES string of the molecule is CCc1oncc1C(=O)N[C@H](C(=O)Nc1cc(C[C@H]2C[C@@H](C(F)(F)F)NC2=O)ccn1)C1CCC(F)(F)CC1. The molecule has 0 radical (unpaired) electrons. The van der Waals surface area contributed by atoms with Crippen molar-refractivity contribution in [3.05, 3.63) is 41.4 Å². The molecule has 212 valence electrons. The zero-order chi connectivity index (χ0) is 28.4. The van der Waals surface area contributed by atoms with Crippen LogP contribution >= 0.6 is 0 Å². The molecule has 2 fully saturated rings. The van der Waals surface area contributed by atoms with E-state index in [1.807, 2.05) is 5.32 Å². The number of amides is 3. The fraction of sp³-hybridized carbons (Fsp3) is 0.560. The third kappa shape index (κ3) is 6.90. The highest BCUT2D eigenvalue weighted by Gasteiger charge is 2.47. The van der Waals surface area contributed by atoms with Gasteiger partial charge in [-0.15, -0.1) is 0 Å². The highest BCUT2D eigenvalue weighted by molar-refractivity contribution is 6.01. The Morgan fingerprint density at radius 2 is 1.97 bits per heavy atom. The van der Waals surface area contributed by atoms with Gasteiger partial charge in [0.2, 0.25) is 17.7 Å². The fourth-order valence-electron chi connectivity index (χ4n) is 5.01. The molecule has 2 aromatic heterocycles. The van der Waals surface area contributed by atoms with Crippen LogP contribution < -0.4 is 16.0 Å². The molecular formula is C25H28F5N5O4. The van der Waals surface area contributed by atoms with Gasteiger partial charge in [-0.25, -0.2) is 13.8 Å². The highest BCUT2D eigenvalue weighted by atomic mass is 19.4. The van der Waals surface area contributed by atoms with Gasteiger partial charge in [0, 0.05) is 31.4 Å². The lowest BCUT2D eigenvalue weighted by Crippen LogP contribution is -2.50. The molecule has 2 aliphatic rings. The van der Waals surface area contributed by atoms with E-state index in [1.165, 1.54) is 24.5 Å². The summed E-state index contributed by atoms with van der Waals surface area (Å²) in [5.41, 5.74) is 0.599. The third-order valence-corrected chi connectivity index (χ3v) is 7.17. The largest absolute Gasteiger partial charge is 0.408 e. The molecule has 1 saturated carbocycles. The summed E-state index contributed by atoms with van der Waals surface area (Å²) in [6.07, 6.45) is -2.90. The Labute approximate surface area is 220 Å². The molecule has 0 aromatic carbocycles. The first-order valence-electron chi connectivity index (χ1n) is 12.6. The van der Waals surface area contributed by atoms with E-state index in [0.717, 1.165) is 0 Å². The van der Waals surface area contributed by atoms with Gasteiger partial charge in [0.05, 0.1) is 6.20 Å². The van der Waals surface area contributed by atoms with Gasteiger partial charge in [-0.05, 0) is 49.3 Å². The number of carbonyl (C=O) groups is 3. The first-order valence-corrected chi connectivity index (χ1v) is 12.6. The van der Waals surface area contributed by atoms with Crippen LogP contribution in [0.4, 0.5) is 27.8 Å². The van der Waals surface area contributed by atoms with Crippen molar-refractivity contribution >= 4 is 23.5 Å². The zero-order valence-electron chi connectivity index (χ0n) is 21.0. The van der Waals surface area contributed by atoms with Gasteiger partial charge < -0.3 is 20.5 Å². The van der Waals surface area contributed by atoms with Gasteiger partial charge >= 0.3 is 6.18 Å². The van der Waals surface area contributed by atoms with Gasteiger partial charge in [0.25, 0.3) is 5.91 Å². The lowest BCUT2D eigenvalue weighted by molar-refractivity contribution is -0.154. The minimum absolute atomic E-state index is 0.000268. The van der Waals surface area contributed by atoms with Crippen molar-refractivity contribution in [2.75, 3.05) is 5.32 Å². The van der Waals surface area contributed by atoms with E-state index >= 15 is 0 Å². The average Bonchev–Trinajstić information content (AvgIpc) is 3.49. The molecule has 3 heterocycles. The molecule has 9 nitrogen and oxygen atoms in total. The Morgan fingerprint density at radius 1 is 1.26 bits per heavy atom. The van der Waals surface area contributed by atoms with Gasteiger partial charge in [-0.2, -0.15) is 13.2 Å². The van der Waals surface area contributed by atoms with Crippen LogP contribution in [0.2, 0.25) is 0 Å². The first kappa shape index (κ1) is 28.4. The number of hydrogen-bond donors (Lipinski definition) is 3. The van der Waals surface area contributed by atoms with Gasteiger partial charge in [0.1, 0.15) is 29.2 Å². The maximum Gasteiger partial charge on any atom is 0.408 e. The molecule has 3 atom stereocenters. The number of aryl methyl sites for hydroxylation is 1. The Hall–Kier alpha value is -3.58. The number of alkyl halides is 5. The molecular weight excluding hydrogens is 529 g/mol. The number of halogens is 5.